The van der Waals surface area contributed by atoms with E-state index in [0.717, 1.165) is 0 Å². The first-order chi connectivity index (χ1) is 4.59. The molecule has 0 atom stereocenters. The van der Waals surface area contributed by atoms with E-state index in [1.807, 2.05) is 0 Å². The molecule has 0 saturated carbocycles. The minimum absolute atomic E-state index is 0. The minimum Gasteiger partial charge on any atom is -0.465 e. The zero-order chi connectivity index (χ0) is 8.15. The Balaban J connectivity index is 0. The van der Waals surface area contributed by atoms with Gasteiger partial charge in [0, 0.05) is 14.2 Å². The van der Waals surface area contributed by atoms with Crippen molar-refractivity contribution in [2.24, 2.45) is 0 Å². The number of nitrogens with zero attached hydrogens (tertiary/aromatic N) is 1. The average molecular weight is 184 g/mol. The van der Waals surface area contributed by atoms with Crippen molar-refractivity contribution in [3.05, 3.63) is 0 Å². The van der Waals surface area contributed by atoms with Crippen LogP contribution in [0.25, 0.3) is 0 Å². The monoisotopic (exact) mass is 183 g/mol. The van der Waals surface area contributed by atoms with Crippen LogP contribution in [0.3, 0.4) is 0 Å². The van der Waals surface area contributed by atoms with Crippen LogP contribution < -0.4 is 0 Å². The largest absolute Gasteiger partial charge is 0.465 e. The second kappa shape index (κ2) is 5.94. The summed E-state index contributed by atoms with van der Waals surface area (Å²) in [5, 5.41) is 8.23. The lowest BCUT2D eigenvalue weighted by Crippen LogP contribution is -2.34. The predicted octanol–water partition coefficient (Wildman–Crippen LogP) is 0.191. The standard InChI is InChI=1S/C5H9NO4.ClH/c1-6(5(8)9)4(7)3-10-2;/h3H2,1-2H3,(H,8,9);1H. The van der Waals surface area contributed by atoms with Gasteiger partial charge in [-0.1, -0.05) is 0 Å². The summed E-state index contributed by atoms with van der Waals surface area (Å²) in [5.41, 5.74) is 0. The first kappa shape index (κ1) is 12.8. The first-order valence-electron chi connectivity index (χ1n) is 2.58. The molecule has 0 unspecified atom stereocenters. The van der Waals surface area contributed by atoms with Gasteiger partial charge in [0.15, 0.2) is 0 Å². The molecular weight excluding hydrogens is 174 g/mol. The lowest BCUT2D eigenvalue weighted by molar-refractivity contribution is -0.131. The van der Waals surface area contributed by atoms with Crippen LogP contribution >= 0.6 is 12.4 Å². The topological polar surface area (TPSA) is 66.8 Å². The van der Waals surface area contributed by atoms with Crippen molar-refractivity contribution < 1.29 is 19.4 Å². The summed E-state index contributed by atoms with van der Waals surface area (Å²) in [6.45, 7) is -0.206. The molecule has 0 fully saturated rings. The number of hydrogen-bond donors (Lipinski definition) is 1. The SMILES string of the molecule is COCC(=O)N(C)C(=O)O.Cl. The highest BCUT2D eigenvalue weighted by Gasteiger charge is 2.13. The molecule has 0 spiro atoms. The zero-order valence-electron chi connectivity index (χ0n) is 6.23. The molecule has 5 nitrogen and oxygen atoms in total. The molecule has 0 aromatic carbocycles. The van der Waals surface area contributed by atoms with E-state index in [1.54, 1.807) is 0 Å². The van der Waals surface area contributed by atoms with Crippen LogP contribution in [0.2, 0.25) is 0 Å². The van der Waals surface area contributed by atoms with Crippen LogP contribution in [-0.2, 0) is 9.53 Å². The number of likely N-dealkylation sites (N-methyl/N-ethyl adjacent to an activating group) is 1. The third-order valence-corrected chi connectivity index (χ3v) is 0.929. The summed E-state index contributed by atoms with van der Waals surface area (Å²) in [6.07, 6.45) is -1.28. The van der Waals surface area contributed by atoms with Gasteiger partial charge in [0.25, 0.3) is 5.91 Å². The number of carbonyl (C=O) groups is 2. The quantitative estimate of drug-likeness (QED) is 0.664. The first-order valence-corrected chi connectivity index (χ1v) is 2.58. The van der Waals surface area contributed by atoms with Gasteiger partial charge in [-0.25, -0.2) is 9.69 Å². The molecule has 2 amide bonds. The van der Waals surface area contributed by atoms with E-state index < -0.39 is 12.0 Å². The molecule has 0 aromatic heterocycles. The van der Waals surface area contributed by atoms with Crippen molar-refractivity contribution in [1.82, 2.24) is 4.90 Å². The zero-order valence-corrected chi connectivity index (χ0v) is 7.05. The maximum Gasteiger partial charge on any atom is 0.413 e. The van der Waals surface area contributed by atoms with Crippen LogP contribution in [0.5, 0.6) is 0 Å². The van der Waals surface area contributed by atoms with Crippen molar-refractivity contribution in [1.29, 1.82) is 0 Å². The summed E-state index contributed by atoms with van der Waals surface area (Å²) < 4.78 is 4.42. The maximum atomic E-state index is 10.6. The van der Waals surface area contributed by atoms with Gasteiger partial charge >= 0.3 is 6.09 Å². The highest BCUT2D eigenvalue weighted by atomic mass is 35.5. The van der Waals surface area contributed by atoms with E-state index in [0.29, 0.717) is 4.90 Å². The molecule has 0 aromatic rings. The summed E-state index contributed by atoms with van der Waals surface area (Å²) >= 11 is 0. The van der Waals surface area contributed by atoms with E-state index >= 15 is 0 Å². The summed E-state index contributed by atoms with van der Waals surface area (Å²) in [4.78, 5) is 21.2. The maximum absolute atomic E-state index is 10.6. The van der Waals surface area contributed by atoms with Crippen LogP contribution in [0.1, 0.15) is 0 Å². The van der Waals surface area contributed by atoms with Crippen LogP contribution in [0.4, 0.5) is 4.79 Å². The highest BCUT2D eigenvalue weighted by molar-refractivity contribution is 5.91. The number of amides is 2. The average Bonchev–Trinajstić information content (AvgIpc) is 1.87. The van der Waals surface area contributed by atoms with Gasteiger partial charge in [0.05, 0.1) is 0 Å². The Kier molecular flexibility index (Phi) is 6.92. The van der Waals surface area contributed by atoms with Crippen molar-refractivity contribution in [2.45, 2.75) is 0 Å². The number of methoxy groups -OCH3 is 1. The molecule has 0 radical (unpaired) electrons. The molecule has 0 rings (SSSR count). The molecule has 11 heavy (non-hydrogen) atoms. The van der Waals surface area contributed by atoms with Gasteiger partial charge in [0.2, 0.25) is 0 Å². The Morgan fingerprint density at radius 2 is 2.00 bits per heavy atom. The molecule has 6 heteroatoms. The molecule has 0 aliphatic rings. The second-order valence-electron chi connectivity index (χ2n) is 1.67. The van der Waals surface area contributed by atoms with Crippen LogP contribution in [0, 0.1) is 0 Å². The van der Waals surface area contributed by atoms with Crippen molar-refractivity contribution in [3.8, 4) is 0 Å². The van der Waals surface area contributed by atoms with Crippen molar-refractivity contribution in [3.63, 3.8) is 0 Å². The van der Waals surface area contributed by atoms with Gasteiger partial charge < -0.3 is 9.84 Å². The summed E-state index contributed by atoms with van der Waals surface area (Å²) in [6, 6.07) is 0. The van der Waals surface area contributed by atoms with Gasteiger partial charge in [-0.3, -0.25) is 4.79 Å². The lowest BCUT2D eigenvalue weighted by atomic mass is 10.6. The fourth-order valence-electron chi connectivity index (χ4n) is 0.327. The Hall–Kier alpha value is -0.810. The molecule has 0 heterocycles. The Morgan fingerprint density at radius 3 is 2.27 bits per heavy atom. The molecule has 1 N–H and O–H groups in total. The minimum atomic E-state index is -1.28. The van der Waals surface area contributed by atoms with Crippen LogP contribution in [-0.4, -0.2) is 42.8 Å². The number of hydrogen-bond acceptors (Lipinski definition) is 3. The Morgan fingerprint density at radius 1 is 1.55 bits per heavy atom. The van der Waals surface area contributed by atoms with E-state index in [1.165, 1.54) is 14.2 Å². The number of rotatable bonds is 2. The smallest absolute Gasteiger partial charge is 0.413 e. The molecule has 0 aliphatic carbocycles. The fraction of sp³-hybridized carbons (Fsp3) is 0.600. The number of halogens is 1. The van der Waals surface area contributed by atoms with Gasteiger partial charge in [-0.2, -0.15) is 0 Å². The highest BCUT2D eigenvalue weighted by Crippen LogP contribution is 1.85. The summed E-state index contributed by atoms with van der Waals surface area (Å²) in [7, 11) is 2.50. The van der Waals surface area contributed by atoms with Crippen molar-refractivity contribution >= 4 is 24.4 Å². The van der Waals surface area contributed by atoms with Crippen LogP contribution in [0.15, 0.2) is 0 Å². The molecule has 0 aliphatic heterocycles. The molecule has 66 valence electrons. The third-order valence-electron chi connectivity index (χ3n) is 0.929. The van der Waals surface area contributed by atoms with E-state index in [4.69, 9.17) is 5.11 Å². The molecule has 0 saturated heterocycles. The normalized spacial score (nSPS) is 8.18. The fourth-order valence-corrected chi connectivity index (χ4v) is 0.327. The number of carboxylic acid groups (broad SMARTS) is 1. The van der Waals surface area contributed by atoms with Gasteiger partial charge in [-0.05, 0) is 0 Å². The molecule has 0 bridgehead atoms. The second-order valence-corrected chi connectivity index (χ2v) is 1.67. The molecular formula is C5H10ClNO4. The number of carbonyl (C=O) groups excluding carboxylic acids is 1. The van der Waals surface area contributed by atoms with Gasteiger partial charge in [0.1, 0.15) is 6.61 Å². The lowest BCUT2D eigenvalue weighted by Gasteiger charge is -2.08. The third kappa shape index (κ3) is 4.58. The van der Waals surface area contributed by atoms with Crippen molar-refractivity contribution in [2.75, 3.05) is 20.8 Å². The van der Waals surface area contributed by atoms with Gasteiger partial charge in [-0.15, -0.1) is 12.4 Å². The Bertz CT molecular complexity index is 149. The number of ether oxygens (including phenoxy) is 1. The summed E-state index contributed by atoms with van der Waals surface area (Å²) in [5.74, 6) is -0.574. The van der Waals surface area contributed by atoms with E-state index in [9.17, 15) is 9.59 Å². The predicted molar refractivity (Wildman–Crippen MR) is 39.9 cm³/mol. The van der Waals surface area contributed by atoms with E-state index in [-0.39, 0.29) is 19.0 Å². The Labute approximate surface area is 70.3 Å². The van der Waals surface area contributed by atoms with E-state index in [2.05, 4.69) is 4.74 Å². The number of imide groups is 1.